The van der Waals surface area contributed by atoms with Crippen LogP contribution >= 0.6 is 24.0 Å². The summed E-state index contributed by atoms with van der Waals surface area (Å²) in [5.41, 5.74) is 0. The summed E-state index contributed by atoms with van der Waals surface area (Å²) in [4.78, 5) is 13.9. The van der Waals surface area contributed by atoms with Gasteiger partial charge in [-0.3, -0.25) is 9.58 Å². The summed E-state index contributed by atoms with van der Waals surface area (Å²) < 4.78 is 7.23. The first-order valence-corrected chi connectivity index (χ1v) is 8.46. The average molecular weight is 449 g/mol. The van der Waals surface area contributed by atoms with Gasteiger partial charge in [-0.1, -0.05) is 0 Å². The maximum absolute atomic E-state index is 5.46. The Hall–Kier alpha value is -0.940. The molecule has 1 aromatic rings. The molecule has 136 valence electrons. The van der Waals surface area contributed by atoms with Crippen LogP contribution in [0.15, 0.2) is 11.3 Å². The zero-order chi connectivity index (χ0) is 16.1. The Morgan fingerprint density at radius 2 is 2.17 bits per heavy atom. The fourth-order valence-corrected chi connectivity index (χ4v) is 3.21. The monoisotopic (exact) mass is 449 g/mol. The minimum Gasteiger partial charge on any atom is -0.379 e. The molecule has 0 aliphatic carbocycles. The van der Waals surface area contributed by atoms with Crippen LogP contribution in [-0.4, -0.2) is 82.5 Å². The van der Waals surface area contributed by atoms with Crippen LogP contribution in [0.1, 0.15) is 19.2 Å². The number of rotatable bonds is 4. The van der Waals surface area contributed by atoms with E-state index in [0.29, 0.717) is 12.6 Å². The van der Waals surface area contributed by atoms with Gasteiger partial charge in [0, 0.05) is 45.8 Å². The van der Waals surface area contributed by atoms with Gasteiger partial charge in [0.2, 0.25) is 0 Å². The maximum atomic E-state index is 5.46. The van der Waals surface area contributed by atoms with Crippen molar-refractivity contribution in [3.8, 4) is 0 Å². The molecule has 0 radical (unpaired) electrons. The quantitative estimate of drug-likeness (QED) is 0.406. The van der Waals surface area contributed by atoms with E-state index in [9.17, 15) is 0 Å². The summed E-state index contributed by atoms with van der Waals surface area (Å²) in [6.45, 7) is 9.42. The van der Waals surface area contributed by atoms with E-state index in [0.717, 1.165) is 57.7 Å². The van der Waals surface area contributed by atoms with E-state index in [1.807, 2.05) is 7.05 Å². The Kier molecular flexibility index (Phi) is 7.69. The fraction of sp³-hybridized carbons (Fsp3) is 0.800. The van der Waals surface area contributed by atoms with Gasteiger partial charge >= 0.3 is 0 Å². The molecule has 1 atom stereocenters. The summed E-state index contributed by atoms with van der Waals surface area (Å²) in [5.74, 6) is 1.86. The number of guanidine groups is 1. The second kappa shape index (κ2) is 9.52. The number of ether oxygens (including phenoxy) is 1. The van der Waals surface area contributed by atoms with Gasteiger partial charge in [-0.05, 0) is 13.3 Å². The smallest absolute Gasteiger partial charge is 0.194 e. The number of likely N-dealkylation sites (tertiary alicyclic amines) is 1. The molecule has 8 nitrogen and oxygen atoms in total. The number of aryl methyl sites for hydroxylation is 1. The van der Waals surface area contributed by atoms with Crippen molar-refractivity contribution in [1.29, 1.82) is 0 Å². The van der Waals surface area contributed by atoms with Gasteiger partial charge < -0.3 is 15.0 Å². The molecule has 3 rings (SSSR count). The third-order valence-electron chi connectivity index (χ3n) is 4.54. The van der Waals surface area contributed by atoms with Crippen LogP contribution in [0, 0.1) is 0 Å². The lowest BCUT2D eigenvalue weighted by Crippen LogP contribution is -2.46. The molecule has 0 spiro atoms. The SMILES string of the molecule is CCNC(=NCc1ncnn1C)N1CCC(N2CCOCC2)C1.I. The Balaban J connectivity index is 0.00000208. The highest BCUT2D eigenvalue weighted by molar-refractivity contribution is 14.0. The predicted octanol–water partition coefficient (Wildman–Crippen LogP) is 0.305. The second-order valence-corrected chi connectivity index (χ2v) is 6.01. The Bertz CT molecular complexity index is 530. The van der Waals surface area contributed by atoms with Gasteiger partial charge in [-0.15, -0.1) is 24.0 Å². The van der Waals surface area contributed by atoms with Crippen molar-refractivity contribution in [1.82, 2.24) is 29.9 Å². The van der Waals surface area contributed by atoms with Gasteiger partial charge in [-0.2, -0.15) is 5.10 Å². The number of aromatic nitrogens is 3. The van der Waals surface area contributed by atoms with Gasteiger partial charge in [0.25, 0.3) is 0 Å². The zero-order valence-electron chi connectivity index (χ0n) is 14.5. The Morgan fingerprint density at radius 1 is 1.38 bits per heavy atom. The van der Waals surface area contributed by atoms with Gasteiger partial charge in [-0.25, -0.2) is 9.98 Å². The fourth-order valence-electron chi connectivity index (χ4n) is 3.21. The van der Waals surface area contributed by atoms with Crippen molar-refractivity contribution >= 4 is 29.9 Å². The molecular weight excluding hydrogens is 421 g/mol. The highest BCUT2D eigenvalue weighted by atomic mass is 127. The molecule has 3 heterocycles. The molecule has 0 amide bonds. The van der Waals surface area contributed by atoms with Crippen LogP contribution < -0.4 is 5.32 Å². The third kappa shape index (κ3) is 4.79. The number of nitrogens with one attached hydrogen (secondary N) is 1. The number of hydrogen-bond donors (Lipinski definition) is 1. The summed E-state index contributed by atoms with van der Waals surface area (Å²) in [7, 11) is 1.90. The summed E-state index contributed by atoms with van der Waals surface area (Å²) >= 11 is 0. The molecule has 0 saturated carbocycles. The van der Waals surface area contributed by atoms with Gasteiger partial charge in [0.1, 0.15) is 18.7 Å². The number of nitrogens with zero attached hydrogens (tertiary/aromatic N) is 6. The van der Waals surface area contributed by atoms with E-state index in [4.69, 9.17) is 9.73 Å². The highest BCUT2D eigenvalue weighted by Crippen LogP contribution is 2.17. The zero-order valence-corrected chi connectivity index (χ0v) is 16.8. The maximum Gasteiger partial charge on any atom is 0.194 e. The molecule has 1 unspecified atom stereocenters. The molecule has 1 N–H and O–H groups in total. The first-order chi connectivity index (χ1) is 11.3. The van der Waals surface area contributed by atoms with Crippen LogP contribution in [0.4, 0.5) is 0 Å². The third-order valence-corrected chi connectivity index (χ3v) is 4.54. The highest BCUT2D eigenvalue weighted by Gasteiger charge is 2.30. The summed E-state index contributed by atoms with van der Waals surface area (Å²) in [6, 6.07) is 0.609. The summed E-state index contributed by atoms with van der Waals surface area (Å²) in [6.07, 6.45) is 2.76. The van der Waals surface area contributed by atoms with Crippen molar-refractivity contribution in [3.05, 3.63) is 12.2 Å². The molecule has 2 aliphatic heterocycles. The van der Waals surface area contributed by atoms with E-state index in [2.05, 4.69) is 32.1 Å². The van der Waals surface area contributed by atoms with Crippen LogP contribution in [0.25, 0.3) is 0 Å². The molecule has 0 aromatic carbocycles. The molecule has 9 heteroatoms. The molecule has 2 fully saturated rings. The standard InChI is InChI=1S/C15H27N7O.HI/c1-3-16-15(17-10-14-18-12-19-20(14)2)22-5-4-13(11-22)21-6-8-23-9-7-21;/h12-13H,3-11H2,1-2H3,(H,16,17);1H. The van der Waals surface area contributed by atoms with Crippen molar-refractivity contribution in [3.63, 3.8) is 0 Å². The van der Waals surface area contributed by atoms with E-state index in [1.54, 1.807) is 11.0 Å². The normalized spacial score (nSPS) is 22.5. The minimum atomic E-state index is 0. The first-order valence-electron chi connectivity index (χ1n) is 8.46. The van der Waals surface area contributed by atoms with Crippen molar-refractivity contribution in [2.75, 3.05) is 45.9 Å². The molecule has 1 aromatic heterocycles. The van der Waals surface area contributed by atoms with E-state index in [1.165, 1.54) is 6.42 Å². The van der Waals surface area contributed by atoms with Crippen molar-refractivity contribution in [2.45, 2.75) is 25.9 Å². The molecule has 2 aliphatic rings. The molecule has 0 bridgehead atoms. The minimum absolute atomic E-state index is 0. The molecule has 24 heavy (non-hydrogen) atoms. The second-order valence-electron chi connectivity index (χ2n) is 6.01. The van der Waals surface area contributed by atoms with Crippen molar-refractivity contribution < 1.29 is 4.74 Å². The van der Waals surface area contributed by atoms with Gasteiger partial charge in [0.15, 0.2) is 5.96 Å². The predicted molar refractivity (Wildman–Crippen MR) is 104 cm³/mol. The number of morpholine rings is 1. The lowest BCUT2D eigenvalue weighted by atomic mass is 10.2. The largest absolute Gasteiger partial charge is 0.379 e. The Labute approximate surface area is 160 Å². The first kappa shape index (κ1) is 19.4. The van der Waals surface area contributed by atoms with Crippen molar-refractivity contribution in [2.24, 2.45) is 12.0 Å². The topological polar surface area (TPSA) is 70.8 Å². The average Bonchev–Trinajstić information content (AvgIpc) is 3.22. The van der Waals surface area contributed by atoms with Gasteiger partial charge in [0.05, 0.1) is 13.2 Å². The Morgan fingerprint density at radius 3 is 2.83 bits per heavy atom. The van der Waals surface area contributed by atoms with Crippen LogP contribution in [-0.2, 0) is 18.3 Å². The number of aliphatic imine (C=N–C) groups is 1. The lowest BCUT2D eigenvalue weighted by Gasteiger charge is -2.32. The number of halogens is 1. The van der Waals surface area contributed by atoms with Crippen LogP contribution in [0.2, 0.25) is 0 Å². The van der Waals surface area contributed by atoms with Crippen LogP contribution in [0.5, 0.6) is 0 Å². The molecular formula is C15H28IN7O. The van der Waals surface area contributed by atoms with E-state index < -0.39 is 0 Å². The van der Waals surface area contributed by atoms with E-state index in [-0.39, 0.29) is 24.0 Å². The molecule has 2 saturated heterocycles. The van der Waals surface area contributed by atoms with Crippen LogP contribution in [0.3, 0.4) is 0 Å². The number of hydrogen-bond acceptors (Lipinski definition) is 5. The summed E-state index contributed by atoms with van der Waals surface area (Å²) in [5, 5.41) is 7.50. The van der Waals surface area contributed by atoms with E-state index >= 15 is 0 Å². The lowest BCUT2D eigenvalue weighted by molar-refractivity contribution is 0.0195.